The fraction of sp³-hybridized carbons (Fsp3) is 0.0833. The normalized spacial score (nSPS) is 10.7. The van der Waals surface area contributed by atoms with Gasteiger partial charge in [-0.15, -0.1) is 0 Å². The van der Waals surface area contributed by atoms with Gasteiger partial charge < -0.3 is 9.47 Å². The van der Waals surface area contributed by atoms with E-state index >= 15 is 0 Å². The molecule has 0 aliphatic heterocycles. The van der Waals surface area contributed by atoms with Crippen molar-refractivity contribution in [1.82, 2.24) is 0 Å². The highest BCUT2D eigenvalue weighted by Gasteiger charge is 2.12. The molecule has 29 heavy (non-hydrogen) atoms. The third-order valence-electron chi connectivity index (χ3n) is 4.21. The lowest BCUT2D eigenvalue weighted by molar-refractivity contribution is 0.282. The van der Waals surface area contributed by atoms with Crippen LogP contribution in [0.3, 0.4) is 0 Å². The molecule has 3 aromatic rings. The molecule has 0 aliphatic rings. The molecule has 0 saturated carbocycles. The van der Waals surface area contributed by atoms with Gasteiger partial charge in [0.05, 0.1) is 34.9 Å². The Balaban J connectivity index is 1.92. The van der Waals surface area contributed by atoms with E-state index in [1.54, 1.807) is 37.5 Å². The standard InChI is InChI=1S/C24H17BrN2O2/c1-28-23-13-19(11-21(15-27)20-9-5-8-18(10-20)14-26)12-22(25)24(23)29-16-17-6-3-2-4-7-17/h2-13H,16H2,1H3/b21-11-. The summed E-state index contributed by atoms with van der Waals surface area (Å²) in [6, 6.07) is 24.8. The Morgan fingerprint density at radius 3 is 2.52 bits per heavy atom. The Morgan fingerprint density at radius 1 is 1.03 bits per heavy atom. The third-order valence-corrected chi connectivity index (χ3v) is 4.80. The highest BCUT2D eigenvalue weighted by molar-refractivity contribution is 9.10. The van der Waals surface area contributed by atoms with Crippen LogP contribution in [0.1, 0.15) is 22.3 Å². The Bertz CT molecular complexity index is 1130. The summed E-state index contributed by atoms with van der Waals surface area (Å²) in [5, 5.41) is 18.7. The maximum absolute atomic E-state index is 9.60. The summed E-state index contributed by atoms with van der Waals surface area (Å²) in [6.45, 7) is 0.412. The predicted molar refractivity (Wildman–Crippen MR) is 116 cm³/mol. The van der Waals surface area contributed by atoms with E-state index in [1.807, 2.05) is 42.5 Å². The van der Waals surface area contributed by atoms with E-state index < -0.39 is 0 Å². The lowest BCUT2D eigenvalue weighted by Crippen LogP contribution is -1.99. The number of hydrogen-bond donors (Lipinski definition) is 0. The van der Waals surface area contributed by atoms with E-state index in [0.29, 0.717) is 34.8 Å². The quantitative estimate of drug-likeness (QED) is 0.346. The highest BCUT2D eigenvalue weighted by Crippen LogP contribution is 2.38. The van der Waals surface area contributed by atoms with Gasteiger partial charge in [-0.25, -0.2) is 0 Å². The van der Waals surface area contributed by atoms with Gasteiger partial charge in [0.2, 0.25) is 0 Å². The zero-order valence-corrected chi connectivity index (χ0v) is 17.3. The summed E-state index contributed by atoms with van der Waals surface area (Å²) < 4.78 is 12.2. The predicted octanol–water partition coefficient (Wildman–Crippen LogP) is 5.97. The number of nitriles is 2. The summed E-state index contributed by atoms with van der Waals surface area (Å²) in [7, 11) is 1.58. The van der Waals surface area contributed by atoms with Gasteiger partial charge in [0, 0.05) is 0 Å². The molecule has 0 saturated heterocycles. The fourth-order valence-corrected chi connectivity index (χ4v) is 3.37. The molecule has 0 amide bonds. The molecule has 142 valence electrons. The van der Waals surface area contributed by atoms with Gasteiger partial charge >= 0.3 is 0 Å². The van der Waals surface area contributed by atoms with Crippen LogP contribution in [0.4, 0.5) is 0 Å². The van der Waals surface area contributed by atoms with Gasteiger partial charge in [-0.05, 0) is 63.0 Å². The second-order valence-corrected chi connectivity index (χ2v) is 7.03. The van der Waals surface area contributed by atoms with Gasteiger partial charge in [0.25, 0.3) is 0 Å². The average Bonchev–Trinajstić information content (AvgIpc) is 2.77. The van der Waals surface area contributed by atoms with Crippen molar-refractivity contribution in [2.24, 2.45) is 0 Å². The molecular formula is C24H17BrN2O2. The Hall–Kier alpha value is -3.54. The number of methoxy groups -OCH3 is 1. The average molecular weight is 445 g/mol. The first kappa shape index (κ1) is 20.2. The van der Waals surface area contributed by atoms with Crippen LogP contribution in [0.2, 0.25) is 0 Å². The molecule has 4 nitrogen and oxygen atoms in total. The molecule has 5 heteroatoms. The van der Waals surface area contributed by atoms with Gasteiger partial charge in [-0.2, -0.15) is 10.5 Å². The molecule has 0 aromatic heterocycles. The summed E-state index contributed by atoms with van der Waals surface area (Å²) in [5.41, 5.74) is 3.47. The topological polar surface area (TPSA) is 66.0 Å². The first-order valence-electron chi connectivity index (χ1n) is 8.81. The Labute approximate surface area is 178 Å². The first-order chi connectivity index (χ1) is 14.1. The first-order valence-corrected chi connectivity index (χ1v) is 9.60. The molecule has 0 aliphatic carbocycles. The summed E-state index contributed by atoms with van der Waals surface area (Å²) in [4.78, 5) is 0. The lowest BCUT2D eigenvalue weighted by Gasteiger charge is -2.14. The fourth-order valence-electron chi connectivity index (χ4n) is 2.80. The molecule has 0 atom stereocenters. The lowest BCUT2D eigenvalue weighted by atomic mass is 10.0. The summed E-state index contributed by atoms with van der Waals surface area (Å²) in [6.07, 6.45) is 1.75. The highest BCUT2D eigenvalue weighted by atomic mass is 79.9. The second kappa shape index (κ2) is 9.59. The minimum absolute atomic E-state index is 0.412. The van der Waals surface area contributed by atoms with Crippen molar-refractivity contribution < 1.29 is 9.47 Å². The van der Waals surface area contributed by atoms with E-state index in [1.165, 1.54) is 0 Å². The zero-order valence-electron chi connectivity index (χ0n) is 15.7. The number of benzene rings is 3. The van der Waals surface area contributed by atoms with E-state index in [-0.39, 0.29) is 0 Å². The van der Waals surface area contributed by atoms with Crippen molar-refractivity contribution in [2.45, 2.75) is 6.61 Å². The van der Waals surface area contributed by atoms with Crippen molar-refractivity contribution in [3.63, 3.8) is 0 Å². The van der Waals surface area contributed by atoms with E-state index in [0.717, 1.165) is 15.6 Å². The van der Waals surface area contributed by atoms with Crippen molar-refractivity contribution in [2.75, 3.05) is 7.11 Å². The summed E-state index contributed by atoms with van der Waals surface area (Å²) >= 11 is 3.54. The molecule has 0 bridgehead atoms. The summed E-state index contributed by atoms with van der Waals surface area (Å²) in [5.74, 6) is 1.16. The second-order valence-electron chi connectivity index (χ2n) is 6.17. The minimum Gasteiger partial charge on any atom is -0.493 e. The van der Waals surface area contributed by atoms with Crippen LogP contribution in [-0.4, -0.2) is 7.11 Å². The van der Waals surface area contributed by atoms with E-state index in [4.69, 9.17) is 14.7 Å². The van der Waals surface area contributed by atoms with Gasteiger partial charge in [-0.1, -0.05) is 42.5 Å². The SMILES string of the molecule is COc1cc(/C=C(/C#N)c2cccc(C#N)c2)cc(Br)c1OCc1ccccc1. The van der Waals surface area contributed by atoms with Crippen molar-refractivity contribution in [3.05, 3.63) is 93.5 Å². The monoisotopic (exact) mass is 444 g/mol. The molecule has 0 radical (unpaired) electrons. The van der Waals surface area contributed by atoms with Crippen LogP contribution in [0.15, 0.2) is 71.2 Å². The molecule has 3 rings (SSSR count). The number of nitrogens with zero attached hydrogens (tertiary/aromatic N) is 2. The van der Waals surface area contributed by atoms with Gasteiger partial charge in [-0.3, -0.25) is 0 Å². The largest absolute Gasteiger partial charge is 0.493 e. The Kier molecular flexibility index (Phi) is 6.68. The van der Waals surface area contributed by atoms with Crippen LogP contribution in [0, 0.1) is 22.7 Å². The van der Waals surface area contributed by atoms with Crippen LogP contribution >= 0.6 is 15.9 Å². The number of allylic oxidation sites excluding steroid dienone is 1. The molecule has 0 heterocycles. The van der Waals surface area contributed by atoms with Crippen LogP contribution in [0.25, 0.3) is 11.6 Å². The third kappa shape index (κ3) is 5.04. The maximum atomic E-state index is 9.60. The van der Waals surface area contributed by atoms with Crippen LogP contribution in [0.5, 0.6) is 11.5 Å². The van der Waals surface area contributed by atoms with Crippen molar-refractivity contribution in [3.8, 4) is 23.6 Å². The molecule has 0 N–H and O–H groups in total. The Morgan fingerprint density at radius 2 is 1.83 bits per heavy atom. The van der Waals surface area contributed by atoms with Crippen LogP contribution in [-0.2, 0) is 6.61 Å². The maximum Gasteiger partial charge on any atom is 0.175 e. The van der Waals surface area contributed by atoms with E-state index in [2.05, 4.69) is 28.1 Å². The molecule has 0 fully saturated rings. The number of ether oxygens (including phenoxy) is 2. The van der Waals surface area contributed by atoms with Crippen molar-refractivity contribution >= 4 is 27.6 Å². The van der Waals surface area contributed by atoms with Gasteiger partial charge in [0.1, 0.15) is 6.61 Å². The number of halogens is 1. The molecule has 3 aromatic carbocycles. The molecular weight excluding hydrogens is 428 g/mol. The molecule has 0 unspecified atom stereocenters. The van der Waals surface area contributed by atoms with Gasteiger partial charge in [0.15, 0.2) is 11.5 Å². The minimum atomic E-state index is 0.412. The number of hydrogen-bond acceptors (Lipinski definition) is 4. The zero-order chi connectivity index (χ0) is 20.6. The number of rotatable bonds is 6. The van der Waals surface area contributed by atoms with Crippen LogP contribution < -0.4 is 9.47 Å². The smallest absolute Gasteiger partial charge is 0.175 e. The molecule has 0 spiro atoms. The van der Waals surface area contributed by atoms with Crippen molar-refractivity contribution in [1.29, 1.82) is 10.5 Å². The van der Waals surface area contributed by atoms with E-state index in [9.17, 15) is 5.26 Å².